The minimum Gasteiger partial charge on any atom is -0.498 e. The van der Waals surface area contributed by atoms with E-state index in [1.165, 1.54) is 0 Å². The van der Waals surface area contributed by atoms with E-state index in [0.717, 1.165) is 19.3 Å². The van der Waals surface area contributed by atoms with Crippen molar-refractivity contribution in [3.8, 4) is 0 Å². The second-order valence-electron chi connectivity index (χ2n) is 2.03. The molecular weight excluding hydrogens is 100 g/mol. The fourth-order valence-electron chi connectivity index (χ4n) is 0.816. The first-order valence-electron chi connectivity index (χ1n) is 3.14. The van der Waals surface area contributed by atoms with Gasteiger partial charge in [-0.3, -0.25) is 0 Å². The van der Waals surface area contributed by atoms with Crippen LogP contribution in [0.3, 0.4) is 0 Å². The summed E-state index contributed by atoms with van der Waals surface area (Å²) >= 11 is 0. The van der Waals surface area contributed by atoms with Crippen molar-refractivity contribution < 1.29 is 4.74 Å². The highest BCUT2D eigenvalue weighted by Crippen LogP contribution is 2.11. The van der Waals surface area contributed by atoms with Crippen LogP contribution in [0.2, 0.25) is 0 Å². The van der Waals surface area contributed by atoms with Gasteiger partial charge in [0.2, 0.25) is 0 Å². The zero-order chi connectivity index (χ0) is 5.82. The van der Waals surface area contributed by atoms with Gasteiger partial charge in [-0.2, -0.15) is 0 Å². The average molecular weight is 111 g/mol. The van der Waals surface area contributed by atoms with Crippen molar-refractivity contribution >= 4 is 0 Å². The summed E-state index contributed by atoms with van der Waals surface area (Å²) in [7, 11) is 0. The predicted molar refractivity (Wildman–Crippen MR) is 32.2 cm³/mol. The maximum absolute atomic E-state index is 5.19. The fraction of sp³-hybridized carbons (Fsp3) is 0.714. The van der Waals surface area contributed by atoms with Crippen LogP contribution in [0.4, 0.5) is 0 Å². The molecule has 1 atom stereocenters. The lowest BCUT2D eigenvalue weighted by molar-refractivity contribution is 0.118. The lowest BCUT2D eigenvalue weighted by Crippen LogP contribution is -2.10. The molecular formula is C7H11O. The Kier molecular flexibility index (Phi) is 1.95. The third-order valence-corrected chi connectivity index (χ3v) is 1.41. The molecule has 1 nitrogen and oxygen atoms in total. The molecule has 1 heterocycles. The summed E-state index contributed by atoms with van der Waals surface area (Å²) in [4.78, 5) is 0. The summed E-state index contributed by atoms with van der Waals surface area (Å²) in [6.45, 7) is 2.14. The van der Waals surface area contributed by atoms with Crippen molar-refractivity contribution in [1.82, 2.24) is 0 Å². The highest BCUT2D eigenvalue weighted by molar-refractivity contribution is 4.74. The van der Waals surface area contributed by atoms with Gasteiger partial charge in [-0.15, -0.1) is 0 Å². The molecule has 8 heavy (non-hydrogen) atoms. The maximum Gasteiger partial charge on any atom is 0.0979 e. The zero-order valence-corrected chi connectivity index (χ0v) is 5.18. The quantitative estimate of drug-likeness (QED) is 0.502. The van der Waals surface area contributed by atoms with Crippen LogP contribution in [0.15, 0.2) is 6.26 Å². The molecule has 0 bridgehead atoms. The van der Waals surface area contributed by atoms with Crippen LogP contribution in [-0.4, -0.2) is 6.10 Å². The molecule has 0 aliphatic carbocycles. The second-order valence-corrected chi connectivity index (χ2v) is 2.03. The van der Waals surface area contributed by atoms with Crippen molar-refractivity contribution in [2.45, 2.75) is 32.3 Å². The molecule has 0 N–H and O–H groups in total. The van der Waals surface area contributed by atoms with Crippen molar-refractivity contribution in [3.05, 3.63) is 12.3 Å². The van der Waals surface area contributed by atoms with E-state index in [0.29, 0.717) is 6.10 Å². The monoisotopic (exact) mass is 111 g/mol. The van der Waals surface area contributed by atoms with Crippen LogP contribution in [0.5, 0.6) is 0 Å². The maximum atomic E-state index is 5.19. The van der Waals surface area contributed by atoms with E-state index in [2.05, 4.69) is 13.0 Å². The molecule has 0 saturated heterocycles. The largest absolute Gasteiger partial charge is 0.498 e. The topological polar surface area (TPSA) is 9.23 Å². The minimum absolute atomic E-state index is 0.469. The summed E-state index contributed by atoms with van der Waals surface area (Å²) in [5.74, 6) is 0. The Labute approximate surface area is 50.3 Å². The molecule has 0 saturated carbocycles. The smallest absolute Gasteiger partial charge is 0.0979 e. The molecule has 1 rings (SSSR count). The zero-order valence-electron chi connectivity index (χ0n) is 5.18. The SMILES string of the molecule is CCC1CC[C]=CO1. The number of hydrogen-bond donors (Lipinski definition) is 0. The number of allylic oxidation sites excluding steroid dienone is 1. The number of rotatable bonds is 1. The minimum atomic E-state index is 0.469. The van der Waals surface area contributed by atoms with Crippen LogP contribution < -0.4 is 0 Å². The Morgan fingerprint density at radius 2 is 2.75 bits per heavy atom. The van der Waals surface area contributed by atoms with E-state index < -0.39 is 0 Å². The lowest BCUT2D eigenvalue weighted by atomic mass is 10.1. The highest BCUT2D eigenvalue weighted by Gasteiger charge is 2.06. The molecule has 0 fully saturated rings. The van der Waals surface area contributed by atoms with Gasteiger partial charge in [0.1, 0.15) is 0 Å². The molecule has 1 heteroatoms. The molecule has 0 amide bonds. The van der Waals surface area contributed by atoms with E-state index in [-0.39, 0.29) is 0 Å². The first-order chi connectivity index (χ1) is 3.93. The second kappa shape index (κ2) is 2.75. The summed E-state index contributed by atoms with van der Waals surface area (Å²) in [5, 5.41) is 0. The van der Waals surface area contributed by atoms with E-state index in [4.69, 9.17) is 4.74 Å². The lowest BCUT2D eigenvalue weighted by Gasteiger charge is -2.16. The van der Waals surface area contributed by atoms with Crippen LogP contribution in [0, 0.1) is 6.08 Å². The van der Waals surface area contributed by atoms with Gasteiger partial charge in [-0.05, 0) is 25.3 Å². The van der Waals surface area contributed by atoms with Gasteiger partial charge >= 0.3 is 0 Å². The molecule has 1 radical (unpaired) electrons. The molecule has 1 unspecified atom stereocenters. The summed E-state index contributed by atoms with van der Waals surface area (Å²) < 4.78 is 5.19. The van der Waals surface area contributed by atoms with Crippen molar-refractivity contribution in [2.24, 2.45) is 0 Å². The summed E-state index contributed by atoms with van der Waals surface area (Å²) in [5.41, 5.74) is 0. The van der Waals surface area contributed by atoms with Gasteiger partial charge in [0.15, 0.2) is 0 Å². The van der Waals surface area contributed by atoms with E-state index in [1.54, 1.807) is 6.26 Å². The van der Waals surface area contributed by atoms with Crippen LogP contribution >= 0.6 is 0 Å². The van der Waals surface area contributed by atoms with E-state index in [9.17, 15) is 0 Å². The Morgan fingerprint density at radius 1 is 1.88 bits per heavy atom. The molecule has 0 spiro atoms. The van der Waals surface area contributed by atoms with Gasteiger partial charge in [-0.25, -0.2) is 0 Å². The first-order valence-corrected chi connectivity index (χ1v) is 3.14. The van der Waals surface area contributed by atoms with E-state index in [1.807, 2.05) is 0 Å². The van der Waals surface area contributed by atoms with Gasteiger partial charge in [0.25, 0.3) is 0 Å². The Morgan fingerprint density at radius 3 is 3.12 bits per heavy atom. The molecule has 0 aromatic carbocycles. The van der Waals surface area contributed by atoms with Gasteiger partial charge < -0.3 is 4.74 Å². The van der Waals surface area contributed by atoms with Crippen molar-refractivity contribution in [3.63, 3.8) is 0 Å². The van der Waals surface area contributed by atoms with Gasteiger partial charge in [0.05, 0.1) is 12.4 Å². The Hall–Kier alpha value is -0.460. The van der Waals surface area contributed by atoms with Crippen molar-refractivity contribution in [1.29, 1.82) is 0 Å². The third kappa shape index (κ3) is 1.25. The fourth-order valence-corrected chi connectivity index (χ4v) is 0.816. The predicted octanol–water partition coefficient (Wildman–Crippen LogP) is 1.89. The van der Waals surface area contributed by atoms with E-state index >= 15 is 0 Å². The van der Waals surface area contributed by atoms with Crippen molar-refractivity contribution in [2.75, 3.05) is 0 Å². The Bertz CT molecular complexity index is 86.4. The molecule has 45 valence electrons. The summed E-state index contributed by atoms with van der Waals surface area (Å²) in [6, 6.07) is 0. The average Bonchev–Trinajstić information content (AvgIpc) is 1.90. The van der Waals surface area contributed by atoms with Gasteiger partial charge in [-0.1, -0.05) is 6.92 Å². The van der Waals surface area contributed by atoms with Crippen LogP contribution in [0.1, 0.15) is 26.2 Å². The molecule has 1 aliphatic heterocycles. The Balaban J connectivity index is 2.27. The van der Waals surface area contributed by atoms with Crippen LogP contribution in [-0.2, 0) is 4.74 Å². The van der Waals surface area contributed by atoms with Gasteiger partial charge in [0, 0.05) is 0 Å². The first kappa shape index (κ1) is 5.67. The normalized spacial score (nSPS) is 27.4. The molecule has 0 aromatic heterocycles. The molecule has 1 aliphatic rings. The molecule has 0 aromatic rings. The standard InChI is InChI=1S/C7H11O/c1-2-7-5-3-4-6-8-7/h6-7H,2-3,5H2,1H3. The van der Waals surface area contributed by atoms with Crippen LogP contribution in [0.25, 0.3) is 0 Å². The number of ether oxygens (including phenoxy) is 1. The third-order valence-electron chi connectivity index (χ3n) is 1.41. The number of hydrogen-bond acceptors (Lipinski definition) is 1. The summed E-state index contributed by atoms with van der Waals surface area (Å²) in [6.07, 6.45) is 8.50. The highest BCUT2D eigenvalue weighted by atomic mass is 16.5.